The van der Waals surface area contributed by atoms with Crippen molar-refractivity contribution in [2.45, 2.75) is 32.9 Å². The lowest BCUT2D eigenvalue weighted by Crippen LogP contribution is -2.68. The van der Waals surface area contributed by atoms with Gasteiger partial charge in [-0.15, -0.1) is 0 Å². The van der Waals surface area contributed by atoms with Crippen molar-refractivity contribution in [2.24, 2.45) is 11.3 Å². The third kappa shape index (κ3) is 2.16. The summed E-state index contributed by atoms with van der Waals surface area (Å²) in [6.07, 6.45) is 0.234. The van der Waals surface area contributed by atoms with Crippen LogP contribution in [-0.2, 0) is 9.53 Å². The zero-order chi connectivity index (χ0) is 11.6. The lowest BCUT2D eigenvalue weighted by Gasteiger charge is -2.56. The first kappa shape index (κ1) is 12.5. The molecule has 1 amide bonds. The minimum Gasteiger partial charge on any atom is -0.380 e. The summed E-state index contributed by atoms with van der Waals surface area (Å²) in [5.74, 6) is 0.433. The van der Waals surface area contributed by atoms with E-state index in [0.717, 1.165) is 0 Å². The van der Waals surface area contributed by atoms with E-state index in [-0.39, 0.29) is 23.5 Å². The molecule has 3 unspecified atom stereocenters. The van der Waals surface area contributed by atoms with Crippen LogP contribution < -0.4 is 10.6 Å². The van der Waals surface area contributed by atoms with Crippen LogP contribution >= 0.6 is 0 Å². The van der Waals surface area contributed by atoms with E-state index in [4.69, 9.17) is 4.74 Å². The van der Waals surface area contributed by atoms with E-state index < -0.39 is 0 Å². The van der Waals surface area contributed by atoms with Crippen molar-refractivity contribution >= 4 is 5.91 Å². The molecule has 1 fully saturated rings. The summed E-state index contributed by atoms with van der Waals surface area (Å²) in [7, 11) is 3.50. The van der Waals surface area contributed by atoms with E-state index in [2.05, 4.69) is 31.4 Å². The Morgan fingerprint density at radius 2 is 2.07 bits per heavy atom. The lowest BCUT2D eigenvalue weighted by atomic mass is 9.58. The van der Waals surface area contributed by atoms with Gasteiger partial charge in [-0.2, -0.15) is 0 Å². The number of nitrogens with one attached hydrogen (secondary N) is 2. The largest absolute Gasteiger partial charge is 0.380 e. The number of methoxy groups -OCH3 is 1. The van der Waals surface area contributed by atoms with Gasteiger partial charge >= 0.3 is 0 Å². The molecular weight excluding hydrogens is 192 g/mol. The Kier molecular flexibility index (Phi) is 3.73. The van der Waals surface area contributed by atoms with Crippen LogP contribution in [0.1, 0.15) is 20.8 Å². The monoisotopic (exact) mass is 214 g/mol. The number of amides is 1. The number of rotatable bonds is 4. The molecule has 0 spiro atoms. The van der Waals surface area contributed by atoms with E-state index in [9.17, 15) is 4.79 Å². The molecule has 1 rings (SSSR count). The van der Waals surface area contributed by atoms with E-state index >= 15 is 0 Å². The molecule has 88 valence electrons. The summed E-state index contributed by atoms with van der Waals surface area (Å²) in [4.78, 5) is 11.5. The number of carbonyl (C=O) groups is 1. The van der Waals surface area contributed by atoms with Crippen molar-refractivity contribution in [3.63, 3.8) is 0 Å². The first-order chi connectivity index (χ1) is 6.95. The first-order valence-corrected chi connectivity index (χ1v) is 5.42. The Balaban J connectivity index is 2.54. The Hall–Kier alpha value is -0.610. The Morgan fingerprint density at radius 1 is 1.47 bits per heavy atom. The Bertz CT molecular complexity index is 241. The zero-order valence-corrected chi connectivity index (χ0v) is 10.3. The summed E-state index contributed by atoms with van der Waals surface area (Å²) in [6, 6.07) is 0.211. The minimum atomic E-state index is 0.0254. The van der Waals surface area contributed by atoms with Crippen LogP contribution in [0.5, 0.6) is 0 Å². The SMILES string of the molecule is CNCC(=O)NC1C(C)C(OC)C1(C)C. The number of carbonyl (C=O) groups excluding carboxylic acids is 1. The highest BCUT2D eigenvalue weighted by Crippen LogP contribution is 2.46. The van der Waals surface area contributed by atoms with Gasteiger partial charge in [0.2, 0.25) is 5.91 Å². The van der Waals surface area contributed by atoms with Crippen molar-refractivity contribution in [3.05, 3.63) is 0 Å². The van der Waals surface area contributed by atoms with E-state index in [1.165, 1.54) is 0 Å². The molecule has 0 aromatic carbocycles. The molecule has 2 N–H and O–H groups in total. The quantitative estimate of drug-likeness (QED) is 0.711. The predicted octanol–water partition coefficient (Wildman–Crippen LogP) is 0.381. The van der Waals surface area contributed by atoms with Crippen LogP contribution in [-0.4, -0.2) is 38.8 Å². The predicted molar refractivity (Wildman–Crippen MR) is 59.6 cm³/mol. The summed E-state index contributed by atoms with van der Waals surface area (Å²) >= 11 is 0. The van der Waals surface area contributed by atoms with Crippen LogP contribution in [0.2, 0.25) is 0 Å². The Labute approximate surface area is 91.8 Å². The van der Waals surface area contributed by atoms with Gasteiger partial charge in [0.1, 0.15) is 0 Å². The first-order valence-electron chi connectivity index (χ1n) is 5.42. The Morgan fingerprint density at radius 3 is 2.47 bits per heavy atom. The molecule has 1 aliphatic rings. The summed E-state index contributed by atoms with van der Waals surface area (Å²) in [5, 5.41) is 5.89. The summed E-state index contributed by atoms with van der Waals surface area (Å²) in [6.45, 7) is 6.75. The highest BCUT2D eigenvalue weighted by atomic mass is 16.5. The van der Waals surface area contributed by atoms with Gasteiger partial charge < -0.3 is 15.4 Å². The average molecular weight is 214 g/mol. The maximum Gasteiger partial charge on any atom is 0.234 e. The number of ether oxygens (including phenoxy) is 1. The van der Waals surface area contributed by atoms with Crippen molar-refractivity contribution in [2.75, 3.05) is 20.7 Å². The highest BCUT2D eigenvalue weighted by Gasteiger charge is 2.55. The fourth-order valence-corrected chi connectivity index (χ4v) is 2.81. The molecule has 0 heterocycles. The van der Waals surface area contributed by atoms with Gasteiger partial charge in [-0.05, 0) is 7.05 Å². The summed E-state index contributed by atoms with van der Waals surface area (Å²) in [5.41, 5.74) is 0.0254. The molecule has 0 aliphatic heterocycles. The van der Waals surface area contributed by atoms with Crippen LogP contribution in [0.15, 0.2) is 0 Å². The molecule has 0 bridgehead atoms. The van der Waals surface area contributed by atoms with Crippen LogP contribution in [0.25, 0.3) is 0 Å². The van der Waals surface area contributed by atoms with Gasteiger partial charge in [-0.1, -0.05) is 20.8 Å². The topological polar surface area (TPSA) is 50.4 Å². The van der Waals surface area contributed by atoms with Crippen molar-refractivity contribution < 1.29 is 9.53 Å². The van der Waals surface area contributed by atoms with Gasteiger partial charge in [0, 0.05) is 24.5 Å². The molecule has 0 saturated heterocycles. The van der Waals surface area contributed by atoms with Gasteiger partial charge in [-0.25, -0.2) is 0 Å². The molecule has 4 heteroatoms. The molecule has 3 atom stereocenters. The fraction of sp³-hybridized carbons (Fsp3) is 0.909. The van der Waals surface area contributed by atoms with E-state index in [0.29, 0.717) is 12.5 Å². The number of likely N-dealkylation sites (N-methyl/N-ethyl adjacent to an activating group) is 1. The average Bonchev–Trinajstić information content (AvgIpc) is 2.15. The molecule has 0 aromatic heterocycles. The van der Waals surface area contributed by atoms with Crippen LogP contribution in [0, 0.1) is 11.3 Å². The van der Waals surface area contributed by atoms with Gasteiger partial charge in [-0.3, -0.25) is 4.79 Å². The highest BCUT2D eigenvalue weighted by molar-refractivity contribution is 5.78. The van der Waals surface area contributed by atoms with Crippen LogP contribution in [0.4, 0.5) is 0 Å². The smallest absolute Gasteiger partial charge is 0.234 e. The fourth-order valence-electron chi connectivity index (χ4n) is 2.81. The zero-order valence-electron chi connectivity index (χ0n) is 10.3. The van der Waals surface area contributed by atoms with E-state index in [1.807, 2.05) is 0 Å². The van der Waals surface area contributed by atoms with Crippen LogP contribution in [0.3, 0.4) is 0 Å². The van der Waals surface area contributed by atoms with Crippen molar-refractivity contribution in [1.29, 1.82) is 0 Å². The second-order valence-electron chi connectivity index (χ2n) is 4.91. The molecule has 1 aliphatic carbocycles. The molecule has 0 aromatic rings. The van der Waals surface area contributed by atoms with Gasteiger partial charge in [0.05, 0.1) is 12.6 Å². The third-order valence-electron chi connectivity index (χ3n) is 3.45. The molecular formula is C11H22N2O2. The van der Waals surface area contributed by atoms with Gasteiger partial charge in [0.15, 0.2) is 0 Å². The van der Waals surface area contributed by atoms with Crippen molar-refractivity contribution in [3.8, 4) is 0 Å². The normalized spacial score (nSPS) is 33.3. The second-order valence-corrected chi connectivity index (χ2v) is 4.91. The third-order valence-corrected chi connectivity index (χ3v) is 3.45. The molecule has 0 radical (unpaired) electrons. The molecule has 15 heavy (non-hydrogen) atoms. The van der Waals surface area contributed by atoms with E-state index in [1.54, 1.807) is 14.2 Å². The molecule has 4 nitrogen and oxygen atoms in total. The van der Waals surface area contributed by atoms with Crippen molar-refractivity contribution in [1.82, 2.24) is 10.6 Å². The number of hydrogen-bond donors (Lipinski definition) is 2. The minimum absolute atomic E-state index is 0.0254. The molecule has 1 saturated carbocycles. The van der Waals surface area contributed by atoms with Gasteiger partial charge in [0.25, 0.3) is 0 Å². The standard InChI is InChI=1S/C11H22N2O2/c1-7-9(13-8(14)6-12-4)11(2,3)10(7)15-5/h7,9-10,12H,6H2,1-5H3,(H,13,14). The number of hydrogen-bond acceptors (Lipinski definition) is 3. The maximum atomic E-state index is 11.5. The lowest BCUT2D eigenvalue weighted by molar-refractivity contribution is -0.154. The maximum absolute atomic E-state index is 11.5. The second kappa shape index (κ2) is 4.49. The summed E-state index contributed by atoms with van der Waals surface area (Å²) < 4.78 is 5.42.